The van der Waals surface area contributed by atoms with Crippen LogP contribution in [-0.2, 0) is 0 Å². The second-order valence-corrected chi connectivity index (χ2v) is 5.12. The lowest BCUT2D eigenvalue weighted by Crippen LogP contribution is -2.03. The number of carbonyl (C=O) groups is 2. The monoisotopic (exact) mass is 306 g/mol. The average molecular weight is 306 g/mol. The summed E-state index contributed by atoms with van der Waals surface area (Å²) in [4.78, 5) is 26.9. The number of aromatic carboxylic acids is 1. The van der Waals surface area contributed by atoms with Gasteiger partial charge in [0.05, 0.1) is 23.3 Å². The number of Topliss-reactive ketones (excluding diaryl/α,β-unsaturated/α-hetero) is 1. The van der Waals surface area contributed by atoms with E-state index >= 15 is 0 Å². The molecule has 1 N–H and O–H groups in total. The molecular formula is C18H14N2O3. The summed E-state index contributed by atoms with van der Waals surface area (Å²) in [6, 6.07) is 13.9. The Bertz CT molecular complexity index is 879. The van der Waals surface area contributed by atoms with Crippen molar-refractivity contribution in [3.05, 3.63) is 72.2 Å². The SMILES string of the molecule is CC(=O)c1ccc(-c2cn(-c3ccccc3C(=O)O)cn2)cc1. The second-order valence-electron chi connectivity index (χ2n) is 5.12. The summed E-state index contributed by atoms with van der Waals surface area (Å²) in [6.07, 6.45) is 3.35. The Labute approximate surface area is 132 Å². The van der Waals surface area contributed by atoms with Crippen LogP contribution in [0.15, 0.2) is 61.1 Å². The molecule has 2 aromatic carbocycles. The minimum Gasteiger partial charge on any atom is -0.478 e. The van der Waals surface area contributed by atoms with Crippen LogP contribution in [0, 0.1) is 0 Å². The highest BCUT2D eigenvalue weighted by atomic mass is 16.4. The van der Waals surface area contributed by atoms with Gasteiger partial charge in [-0.1, -0.05) is 36.4 Å². The molecule has 0 aliphatic heterocycles. The molecule has 0 amide bonds. The number of carboxylic acid groups (broad SMARTS) is 1. The Morgan fingerprint density at radius 1 is 1.04 bits per heavy atom. The molecular weight excluding hydrogens is 292 g/mol. The summed E-state index contributed by atoms with van der Waals surface area (Å²) in [7, 11) is 0. The molecule has 0 atom stereocenters. The second kappa shape index (κ2) is 5.88. The summed E-state index contributed by atoms with van der Waals surface area (Å²) in [5, 5.41) is 9.27. The fourth-order valence-corrected chi connectivity index (χ4v) is 2.36. The Balaban J connectivity index is 1.98. The number of para-hydroxylation sites is 1. The Hall–Kier alpha value is -3.21. The molecule has 0 unspecified atom stereocenters. The van der Waals surface area contributed by atoms with Gasteiger partial charge in [0.25, 0.3) is 0 Å². The lowest BCUT2D eigenvalue weighted by atomic mass is 10.1. The van der Waals surface area contributed by atoms with Crippen molar-refractivity contribution in [3.8, 4) is 16.9 Å². The van der Waals surface area contributed by atoms with E-state index in [1.54, 1.807) is 53.5 Å². The summed E-state index contributed by atoms with van der Waals surface area (Å²) in [6.45, 7) is 1.52. The zero-order valence-electron chi connectivity index (χ0n) is 12.4. The predicted molar refractivity (Wildman–Crippen MR) is 86.0 cm³/mol. The lowest BCUT2D eigenvalue weighted by molar-refractivity contribution is 0.0696. The average Bonchev–Trinajstić information content (AvgIpc) is 3.04. The van der Waals surface area contributed by atoms with E-state index in [4.69, 9.17) is 0 Å². The van der Waals surface area contributed by atoms with Crippen molar-refractivity contribution in [1.29, 1.82) is 0 Å². The van der Waals surface area contributed by atoms with E-state index in [9.17, 15) is 14.7 Å². The van der Waals surface area contributed by atoms with E-state index in [0.717, 1.165) is 5.56 Å². The number of nitrogens with zero attached hydrogens (tertiary/aromatic N) is 2. The van der Waals surface area contributed by atoms with Crippen molar-refractivity contribution in [1.82, 2.24) is 9.55 Å². The van der Waals surface area contributed by atoms with Gasteiger partial charge in [-0.25, -0.2) is 9.78 Å². The van der Waals surface area contributed by atoms with Gasteiger partial charge < -0.3 is 9.67 Å². The molecule has 3 rings (SSSR count). The molecule has 0 fully saturated rings. The zero-order valence-corrected chi connectivity index (χ0v) is 12.4. The lowest BCUT2D eigenvalue weighted by Gasteiger charge is -2.05. The standard InChI is InChI=1S/C18H14N2O3/c1-12(21)13-6-8-14(9-7-13)16-10-20(11-19-16)17-5-3-2-4-15(17)18(22)23/h2-11H,1H3,(H,22,23). The molecule has 5 heteroatoms. The van der Waals surface area contributed by atoms with Crippen molar-refractivity contribution in [3.63, 3.8) is 0 Å². The van der Waals surface area contributed by atoms with Crippen LogP contribution in [0.3, 0.4) is 0 Å². The maximum atomic E-state index is 11.3. The highest BCUT2D eigenvalue weighted by molar-refractivity contribution is 5.94. The van der Waals surface area contributed by atoms with Crippen molar-refractivity contribution in [2.75, 3.05) is 0 Å². The first-order chi connectivity index (χ1) is 11.1. The Kier molecular flexibility index (Phi) is 3.76. The smallest absolute Gasteiger partial charge is 0.337 e. The van der Waals surface area contributed by atoms with Gasteiger partial charge in [-0.2, -0.15) is 0 Å². The molecule has 0 spiro atoms. The first kappa shape index (κ1) is 14.7. The molecule has 0 saturated carbocycles. The van der Waals surface area contributed by atoms with Crippen molar-refractivity contribution < 1.29 is 14.7 Å². The van der Waals surface area contributed by atoms with Gasteiger partial charge in [0.2, 0.25) is 0 Å². The maximum absolute atomic E-state index is 11.3. The molecule has 23 heavy (non-hydrogen) atoms. The maximum Gasteiger partial charge on any atom is 0.337 e. The van der Waals surface area contributed by atoms with Gasteiger partial charge in [-0.05, 0) is 19.1 Å². The van der Waals surface area contributed by atoms with Crippen LogP contribution in [-0.4, -0.2) is 26.4 Å². The number of carboxylic acids is 1. The van der Waals surface area contributed by atoms with Crippen LogP contribution in [0.25, 0.3) is 16.9 Å². The summed E-state index contributed by atoms with van der Waals surface area (Å²) >= 11 is 0. The number of aromatic nitrogens is 2. The van der Waals surface area contributed by atoms with Crippen LogP contribution in [0.4, 0.5) is 0 Å². The number of hydrogen-bond acceptors (Lipinski definition) is 3. The fourth-order valence-electron chi connectivity index (χ4n) is 2.36. The minimum absolute atomic E-state index is 0.0115. The van der Waals surface area contributed by atoms with Crippen molar-refractivity contribution in [2.24, 2.45) is 0 Å². The van der Waals surface area contributed by atoms with E-state index in [2.05, 4.69) is 4.98 Å². The van der Waals surface area contributed by atoms with Crippen LogP contribution >= 0.6 is 0 Å². The molecule has 114 valence electrons. The number of ketones is 1. The van der Waals surface area contributed by atoms with Crippen molar-refractivity contribution >= 4 is 11.8 Å². The van der Waals surface area contributed by atoms with Gasteiger partial charge in [0.1, 0.15) is 0 Å². The van der Waals surface area contributed by atoms with E-state index < -0.39 is 5.97 Å². The van der Waals surface area contributed by atoms with Gasteiger partial charge in [-0.3, -0.25) is 4.79 Å². The van der Waals surface area contributed by atoms with Crippen LogP contribution < -0.4 is 0 Å². The van der Waals surface area contributed by atoms with E-state index in [0.29, 0.717) is 16.9 Å². The molecule has 0 aliphatic rings. The largest absolute Gasteiger partial charge is 0.478 e. The zero-order chi connectivity index (χ0) is 16.4. The van der Waals surface area contributed by atoms with E-state index in [-0.39, 0.29) is 11.3 Å². The number of imidazole rings is 1. The Morgan fingerprint density at radius 3 is 2.39 bits per heavy atom. The summed E-state index contributed by atoms with van der Waals surface area (Å²) in [5.74, 6) is -0.973. The first-order valence-electron chi connectivity index (χ1n) is 7.04. The topological polar surface area (TPSA) is 72.2 Å². The van der Waals surface area contributed by atoms with Gasteiger partial charge >= 0.3 is 5.97 Å². The molecule has 1 aromatic heterocycles. The minimum atomic E-state index is -0.985. The highest BCUT2D eigenvalue weighted by Crippen LogP contribution is 2.21. The normalized spacial score (nSPS) is 10.5. The van der Waals surface area contributed by atoms with Gasteiger partial charge in [-0.15, -0.1) is 0 Å². The molecule has 0 radical (unpaired) electrons. The molecule has 0 bridgehead atoms. The van der Waals surface area contributed by atoms with Crippen molar-refractivity contribution in [2.45, 2.75) is 6.92 Å². The van der Waals surface area contributed by atoms with Crippen LogP contribution in [0.1, 0.15) is 27.6 Å². The first-order valence-corrected chi connectivity index (χ1v) is 7.04. The summed E-state index contributed by atoms with van der Waals surface area (Å²) < 4.78 is 1.68. The Morgan fingerprint density at radius 2 is 1.74 bits per heavy atom. The van der Waals surface area contributed by atoms with E-state index in [1.807, 2.05) is 12.1 Å². The van der Waals surface area contributed by atoms with Crippen LogP contribution in [0.2, 0.25) is 0 Å². The molecule has 0 aliphatic carbocycles. The number of benzene rings is 2. The van der Waals surface area contributed by atoms with Crippen LogP contribution in [0.5, 0.6) is 0 Å². The number of rotatable bonds is 4. The summed E-state index contributed by atoms with van der Waals surface area (Å²) in [5.41, 5.74) is 2.98. The third kappa shape index (κ3) is 2.89. The predicted octanol–water partition coefficient (Wildman–Crippen LogP) is 3.44. The van der Waals surface area contributed by atoms with Gasteiger partial charge in [0, 0.05) is 17.3 Å². The molecule has 3 aromatic rings. The third-order valence-corrected chi connectivity index (χ3v) is 3.58. The molecule has 1 heterocycles. The van der Waals surface area contributed by atoms with Gasteiger partial charge in [0.15, 0.2) is 5.78 Å². The quantitative estimate of drug-likeness (QED) is 0.749. The third-order valence-electron chi connectivity index (χ3n) is 3.58. The number of carbonyl (C=O) groups excluding carboxylic acids is 1. The highest BCUT2D eigenvalue weighted by Gasteiger charge is 2.12. The fraction of sp³-hybridized carbons (Fsp3) is 0.0556. The number of hydrogen-bond donors (Lipinski definition) is 1. The van der Waals surface area contributed by atoms with E-state index in [1.165, 1.54) is 6.92 Å². The molecule has 0 saturated heterocycles. The molecule has 5 nitrogen and oxygen atoms in total.